The number of ketones is 2. The smallest absolute Gasteiger partial charge is 0.248 e. The average Bonchev–Trinajstić information content (AvgIpc) is 2.17. The van der Waals surface area contributed by atoms with Crippen LogP contribution in [0.15, 0.2) is 18.2 Å². The molecule has 4 heteroatoms. The Morgan fingerprint density at radius 3 is 2.00 bits per heavy atom. The fraction of sp³-hybridized carbons (Fsp3) is 0.364. The van der Waals surface area contributed by atoms with Crippen LogP contribution in [-0.4, -0.2) is 23.3 Å². The first-order valence-corrected chi connectivity index (χ1v) is 4.73. The van der Waals surface area contributed by atoms with E-state index < -0.39 is 0 Å². The summed E-state index contributed by atoms with van der Waals surface area (Å²) in [4.78, 5) is 22.6. The van der Waals surface area contributed by atoms with Gasteiger partial charge < -0.3 is 5.11 Å². The van der Waals surface area contributed by atoms with Gasteiger partial charge in [-0.05, 0) is 6.07 Å². The standard InChI is InChI=1S/C11H14NO3/c1-8(14)10-4-3-5-11(9(2)15)12(10)6-7-13/h3-5,13H,6-7H2,1-2H3/q+1. The van der Waals surface area contributed by atoms with Crippen LogP contribution in [0.1, 0.15) is 34.8 Å². The largest absolute Gasteiger partial charge is 0.390 e. The second kappa shape index (κ2) is 4.79. The van der Waals surface area contributed by atoms with Crippen molar-refractivity contribution in [2.24, 2.45) is 0 Å². The third-order valence-electron chi connectivity index (χ3n) is 2.13. The zero-order chi connectivity index (χ0) is 11.4. The first-order chi connectivity index (χ1) is 7.07. The lowest BCUT2D eigenvalue weighted by Crippen LogP contribution is -2.46. The van der Waals surface area contributed by atoms with E-state index in [1.165, 1.54) is 13.8 Å². The SMILES string of the molecule is CC(=O)c1cccc(C(C)=O)[n+]1CCO. The summed E-state index contributed by atoms with van der Waals surface area (Å²) in [5, 5.41) is 8.89. The number of carbonyl (C=O) groups is 2. The number of aliphatic hydroxyl groups is 1. The topological polar surface area (TPSA) is 58.2 Å². The van der Waals surface area contributed by atoms with Crippen LogP contribution in [0, 0.1) is 0 Å². The quantitative estimate of drug-likeness (QED) is 0.574. The van der Waals surface area contributed by atoms with Gasteiger partial charge in [0.2, 0.25) is 23.0 Å². The molecule has 15 heavy (non-hydrogen) atoms. The van der Waals surface area contributed by atoms with Crippen LogP contribution in [0.4, 0.5) is 0 Å². The summed E-state index contributed by atoms with van der Waals surface area (Å²) in [6.07, 6.45) is 0. The lowest BCUT2D eigenvalue weighted by Gasteiger charge is -2.03. The van der Waals surface area contributed by atoms with E-state index in [9.17, 15) is 9.59 Å². The van der Waals surface area contributed by atoms with Crippen LogP contribution in [0.3, 0.4) is 0 Å². The Labute approximate surface area is 88.2 Å². The Kier molecular flexibility index (Phi) is 3.68. The van der Waals surface area contributed by atoms with E-state index in [2.05, 4.69) is 0 Å². The number of hydrogen-bond donors (Lipinski definition) is 1. The van der Waals surface area contributed by atoms with Crippen LogP contribution in [0.25, 0.3) is 0 Å². The summed E-state index contributed by atoms with van der Waals surface area (Å²) in [5.41, 5.74) is 0.883. The molecular weight excluding hydrogens is 194 g/mol. The number of carbonyl (C=O) groups excluding carboxylic acids is 2. The molecule has 80 valence electrons. The van der Waals surface area contributed by atoms with Crippen molar-refractivity contribution < 1.29 is 19.3 Å². The van der Waals surface area contributed by atoms with Gasteiger partial charge in [0.05, 0.1) is 0 Å². The Bertz CT molecular complexity index is 367. The molecule has 4 nitrogen and oxygen atoms in total. The molecule has 1 heterocycles. The Morgan fingerprint density at radius 1 is 1.20 bits per heavy atom. The van der Waals surface area contributed by atoms with Crippen molar-refractivity contribution in [1.29, 1.82) is 0 Å². The molecule has 0 amide bonds. The zero-order valence-electron chi connectivity index (χ0n) is 8.86. The Morgan fingerprint density at radius 2 is 1.67 bits per heavy atom. The van der Waals surface area contributed by atoms with E-state index in [1.807, 2.05) is 0 Å². The summed E-state index contributed by atoms with van der Waals surface area (Å²) in [5.74, 6) is -0.238. The molecule has 1 rings (SSSR count). The third kappa shape index (κ3) is 2.47. The second-order valence-corrected chi connectivity index (χ2v) is 3.28. The number of rotatable bonds is 4. The number of nitrogens with zero attached hydrogens (tertiary/aromatic N) is 1. The van der Waals surface area contributed by atoms with E-state index in [0.717, 1.165) is 0 Å². The monoisotopic (exact) mass is 208 g/mol. The van der Waals surface area contributed by atoms with Crippen molar-refractivity contribution in [1.82, 2.24) is 0 Å². The van der Waals surface area contributed by atoms with E-state index in [4.69, 9.17) is 5.11 Å². The number of hydrogen-bond acceptors (Lipinski definition) is 3. The lowest BCUT2D eigenvalue weighted by molar-refractivity contribution is -0.701. The van der Waals surface area contributed by atoms with Gasteiger partial charge in [-0.15, -0.1) is 0 Å². The third-order valence-corrected chi connectivity index (χ3v) is 2.13. The molecule has 0 atom stereocenters. The number of pyridine rings is 1. The van der Waals surface area contributed by atoms with Gasteiger partial charge in [0.15, 0.2) is 6.54 Å². The molecule has 0 saturated carbocycles. The number of aromatic nitrogens is 1. The normalized spacial score (nSPS) is 10.1. The van der Waals surface area contributed by atoms with Crippen molar-refractivity contribution >= 4 is 11.6 Å². The van der Waals surface area contributed by atoms with E-state index in [0.29, 0.717) is 11.4 Å². The molecule has 0 aliphatic rings. The van der Waals surface area contributed by atoms with Crippen LogP contribution in [0.2, 0.25) is 0 Å². The predicted octanol–water partition coefficient (Wildman–Crippen LogP) is 0.372. The fourth-order valence-corrected chi connectivity index (χ4v) is 1.50. The van der Waals surface area contributed by atoms with E-state index in [-0.39, 0.29) is 24.7 Å². The van der Waals surface area contributed by atoms with E-state index >= 15 is 0 Å². The molecule has 1 aromatic rings. The van der Waals surface area contributed by atoms with Crippen molar-refractivity contribution in [2.75, 3.05) is 6.61 Å². The average molecular weight is 208 g/mol. The molecule has 0 aliphatic heterocycles. The second-order valence-electron chi connectivity index (χ2n) is 3.28. The first kappa shape index (κ1) is 11.5. The highest BCUT2D eigenvalue weighted by molar-refractivity contribution is 5.93. The van der Waals surface area contributed by atoms with Crippen molar-refractivity contribution in [3.63, 3.8) is 0 Å². The molecule has 0 saturated heterocycles. The summed E-state index contributed by atoms with van der Waals surface area (Å²) in [7, 11) is 0. The summed E-state index contributed by atoms with van der Waals surface area (Å²) < 4.78 is 1.55. The molecule has 0 aliphatic carbocycles. The van der Waals surface area contributed by atoms with E-state index in [1.54, 1.807) is 22.8 Å². The molecular formula is C11H14NO3+. The predicted molar refractivity (Wildman–Crippen MR) is 53.7 cm³/mol. The van der Waals surface area contributed by atoms with Gasteiger partial charge in [-0.1, -0.05) is 0 Å². The summed E-state index contributed by atoms with van der Waals surface area (Å²) in [6.45, 7) is 3.03. The number of aliphatic hydroxyl groups excluding tert-OH is 1. The fourth-order valence-electron chi connectivity index (χ4n) is 1.50. The minimum Gasteiger partial charge on any atom is -0.390 e. The summed E-state index contributed by atoms with van der Waals surface area (Å²) in [6, 6.07) is 4.95. The van der Waals surface area contributed by atoms with Gasteiger partial charge in [0, 0.05) is 26.0 Å². The van der Waals surface area contributed by atoms with Crippen molar-refractivity contribution in [3.05, 3.63) is 29.6 Å². The van der Waals surface area contributed by atoms with Gasteiger partial charge in [-0.3, -0.25) is 9.59 Å². The molecule has 1 N–H and O–H groups in total. The maximum atomic E-state index is 11.3. The Balaban J connectivity index is 3.34. The maximum absolute atomic E-state index is 11.3. The van der Waals surface area contributed by atoms with Crippen molar-refractivity contribution in [3.8, 4) is 0 Å². The Hall–Kier alpha value is -1.55. The maximum Gasteiger partial charge on any atom is 0.248 e. The molecule has 0 bridgehead atoms. The first-order valence-electron chi connectivity index (χ1n) is 4.73. The minimum absolute atomic E-state index is 0.102. The van der Waals surface area contributed by atoms with Crippen molar-refractivity contribution in [2.45, 2.75) is 20.4 Å². The molecule has 0 spiro atoms. The molecule has 0 radical (unpaired) electrons. The van der Waals surface area contributed by atoms with Crippen LogP contribution in [0.5, 0.6) is 0 Å². The van der Waals surface area contributed by atoms with Crippen LogP contribution >= 0.6 is 0 Å². The molecule has 0 aromatic carbocycles. The molecule has 1 aromatic heterocycles. The highest BCUT2D eigenvalue weighted by atomic mass is 16.3. The summed E-state index contributed by atoms with van der Waals surface area (Å²) >= 11 is 0. The van der Waals surface area contributed by atoms with Gasteiger partial charge in [-0.25, -0.2) is 0 Å². The van der Waals surface area contributed by atoms with Gasteiger partial charge in [-0.2, -0.15) is 4.57 Å². The highest BCUT2D eigenvalue weighted by Crippen LogP contribution is 1.99. The van der Waals surface area contributed by atoms with Gasteiger partial charge in [0.25, 0.3) is 0 Å². The van der Waals surface area contributed by atoms with Gasteiger partial charge in [0.1, 0.15) is 6.61 Å². The highest BCUT2D eigenvalue weighted by Gasteiger charge is 2.21. The molecule has 0 fully saturated rings. The minimum atomic E-state index is -0.119. The zero-order valence-corrected chi connectivity index (χ0v) is 8.86. The van der Waals surface area contributed by atoms with Crippen LogP contribution < -0.4 is 4.57 Å². The number of Topliss-reactive ketones (excluding diaryl/α,β-unsaturated/α-hetero) is 2. The van der Waals surface area contributed by atoms with Crippen LogP contribution in [-0.2, 0) is 6.54 Å². The van der Waals surface area contributed by atoms with Gasteiger partial charge >= 0.3 is 0 Å². The molecule has 0 unspecified atom stereocenters. The lowest BCUT2D eigenvalue weighted by atomic mass is 10.2.